The van der Waals surface area contributed by atoms with Gasteiger partial charge in [0.05, 0.1) is 11.6 Å². The van der Waals surface area contributed by atoms with E-state index in [1.807, 2.05) is 36.4 Å². The molecule has 0 saturated carbocycles. The zero-order valence-electron chi connectivity index (χ0n) is 14.4. The molecule has 0 atom stereocenters. The number of rotatable bonds is 5. The molecule has 5 nitrogen and oxygen atoms in total. The summed E-state index contributed by atoms with van der Waals surface area (Å²) in [4.78, 5) is 26.5. The Hall–Kier alpha value is -3.13. The van der Waals surface area contributed by atoms with E-state index in [2.05, 4.69) is 0 Å². The van der Waals surface area contributed by atoms with E-state index in [0.29, 0.717) is 37.2 Å². The third-order valence-corrected chi connectivity index (χ3v) is 4.62. The molecule has 2 aromatic carbocycles. The molecule has 0 N–H and O–H groups in total. The first-order valence-electron chi connectivity index (χ1n) is 8.67. The van der Waals surface area contributed by atoms with Gasteiger partial charge in [-0.15, -0.1) is 0 Å². The highest BCUT2D eigenvalue weighted by Gasteiger charge is 2.27. The van der Waals surface area contributed by atoms with Crippen LogP contribution < -0.4 is 4.74 Å². The number of carbonyl (C=O) groups excluding carboxylic acids is 2. The third-order valence-electron chi connectivity index (χ3n) is 4.62. The number of benzene rings is 2. The highest BCUT2D eigenvalue weighted by atomic mass is 16.5. The highest BCUT2D eigenvalue weighted by molar-refractivity contribution is 5.98. The largest absolute Gasteiger partial charge is 0.484 e. The Labute approximate surface area is 152 Å². The van der Waals surface area contributed by atoms with E-state index < -0.39 is 0 Å². The molecular formula is C21H20N2O3. The number of piperidine rings is 1. The minimum atomic E-state index is -0.0834. The number of ether oxygens (including phenoxy) is 1. The summed E-state index contributed by atoms with van der Waals surface area (Å²) in [5.74, 6) is 0.610. The molecule has 1 aliphatic rings. The van der Waals surface area contributed by atoms with Gasteiger partial charge in [0.1, 0.15) is 5.75 Å². The summed E-state index contributed by atoms with van der Waals surface area (Å²) >= 11 is 0. The van der Waals surface area contributed by atoms with Crippen LogP contribution in [0, 0.1) is 17.2 Å². The molecule has 1 amide bonds. The molecule has 2 aromatic rings. The lowest BCUT2D eigenvalue weighted by Gasteiger charge is -2.31. The molecule has 0 spiro atoms. The van der Waals surface area contributed by atoms with Gasteiger partial charge < -0.3 is 9.64 Å². The molecule has 0 aliphatic carbocycles. The zero-order valence-corrected chi connectivity index (χ0v) is 14.4. The molecule has 3 rings (SSSR count). The Kier molecular flexibility index (Phi) is 5.65. The maximum absolute atomic E-state index is 12.5. The van der Waals surface area contributed by atoms with Crippen LogP contribution in [0.1, 0.15) is 28.8 Å². The molecule has 1 saturated heterocycles. The van der Waals surface area contributed by atoms with E-state index in [1.165, 1.54) is 0 Å². The summed E-state index contributed by atoms with van der Waals surface area (Å²) in [7, 11) is 0. The minimum absolute atomic E-state index is 0.0269. The van der Waals surface area contributed by atoms with Crippen molar-refractivity contribution in [3.8, 4) is 11.8 Å². The van der Waals surface area contributed by atoms with Crippen LogP contribution in [0.4, 0.5) is 0 Å². The Bertz CT molecular complexity index is 801. The van der Waals surface area contributed by atoms with Crippen LogP contribution in [0.3, 0.4) is 0 Å². The van der Waals surface area contributed by atoms with Crippen LogP contribution in [0.25, 0.3) is 0 Å². The van der Waals surface area contributed by atoms with Gasteiger partial charge in [0.25, 0.3) is 5.91 Å². The Morgan fingerprint density at radius 2 is 1.69 bits per heavy atom. The average molecular weight is 348 g/mol. The van der Waals surface area contributed by atoms with Gasteiger partial charge in [0.2, 0.25) is 0 Å². The molecule has 0 aromatic heterocycles. The monoisotopic (exact) mass is 348 g/mol. The SMILES string of the molecule is N#Cc1ccc(OCC(=O)N2CCC(C(=O)c3ccccc3)CC2)cc1. The van der Waals surface area contributed by atoms with Gasteiger partial charge in [-0.05, 0) is 37.1 Å². The molecule has 0 bridgehead atoms. The maximum Gasteiger partial charge on any atom is 0.260 e. The Balaban J connectivity index is 1.47. The van der Waals surface area contributed by atoms with Crippen LogP contribution >= 0.6 is 0 Å². The van der Waals surface area contributed by atoms with E-state index >= 15 is 0 Å². The van der Waals surface area contributed by atoms with Crippen LogP contribution in [0.15, 0.2) is 54.6 Å². The number of likely N-dealkylation sites (tertiary alicyclic amines) is 1. The number of hydrogen-bond donors (Lipinski definition) is 0. The quantitative estimate of drug-likeness (QED) is 0.779. The molecule has 1 fully saturated rings. The Morgan fingerprint density at radius 1 is 1.04 bits per heavy atom. The average Bonchev–Trinajstić information content (AvgIpc) is 2.72. The number of ketones is 1. The number of nitrogens with zero attached hydrogens (tertiary/aromatic N) is 2. The van der Waals surface area contributed by atoms with Gasteiger partial charge in [-0.3, -0.25) is 9.59 Å². The lowest BCUT2D eigenvalue weighted by molar-refractivity contribution is -0.134. The number of Topliss-reactive ketones (excluding diaryl/α,β-unsaturated/α-hetero) is 1. The predicted molar refractivity (Wildman–Crippen MR) is 96.7 cm³/mol. The molecule has 1 heterocycles. The maximum atomic E-state index is 12.5. The molecule has 1 aliphatic heterocycles. The predicted octanol–water partition coefficient (Wildman–Crippen LogP) is 3.06. The second-order valence-corrected chi connectivity index (χ2v) is 6.31. The Morgan fingerprint density at radius 3 is 2.31 bits per heavy atom. The van der Waals surface area contributed by atoms with Gasteiger partial charge >= 0.3 is 0 Å². The molecule has 0 unspecified atom stereocenters. The molecular weight excluding hydrogens is 328 g/mol. The van der Waals surface area contributed by atoms with E-state index in [0.717, 1.165) is 5.56 Å². The summed E-state index contributed by atoms with van der Waals surface area (Å²) in [5.41, 5.74) is 1.29. The first-order valence-corrected chi connectivity index (χ1v) is 8.67. The number of amides is 1. The highest BCUT2D eigenvalue weighted by Crippen LogP contribution is 2.22. The summed E-state index contributed by atoms with van der Waals surface area (Å²) in [6.45, 7) is 1.10. The van der Waals surface area contributed by atoms with Gasteiger partial charge in [-0.1, -0.05) is 30.3 Å². The fourth-order valence-electron chi connectivity index (χ4n) is 3.09. The van der Waals surface area contributed by atoms with Crippen LogP contribution in [-0.2, 0) is 4.79 Å². The van der Waals surface area contributed by atoms with Gasteiger partial charge in [-0.2, -0.15) is 5.26 Å². The number of carbonyl (C=O) groups is 2. The lowest BCUT2D eigenvalue weighted by atomic mass is 9.89. The van der Waals surface area contributed by atoms with Crippen molar-refractivity contribution in [2.75, 3.05) is 19.7 Å². The van der Waals surface area contributed by atoms with Gasteiger partial charge in [-0.25, -0.2) is 0 Å². The topological polar surface area (TPSA) is 70.4 Å². The van der Waals surface area contributed by atoms with Crippen LogP contribution in [0.2, 0.25) is 0 Å². The fourth-order valence-corrected chi connectivity index (χ4v) is 3.09. The first kappa shape index (κ1) is 17.7. The van der Waals surface area contributed by atoms with Crippen molar-refractivity contribution in [2.24, 2.45) is 5.92 Å². The van der Waals surface area contributed by atoms with E-state index in [-0.39, 0.29) is 24.2 Å². The molecule has 132 valence electrons. The van der Waals surface area contributed by atoms with Gasteiger partial charge in [0.15, 0.2) is 12.4 Å². The normalized spacial score (nSPS) is 14.5. The van der Waals surface area contributed by atoms with Crippen molar-refractivity contribution in [1.29, 1.82) is 5.26 Å². The smallest absolute Gasteiger partial charge is 0.260 e. The van der Waals surface area contributed by atoms with Crippen LogP contribution in [-0.4, -0.2) is 36.3 Å². The number of hydrogen-bond acceptors (Lipinski definition) is 4. The van der Waals surface area contributed by atoms with Crippen molar-refractivity contribution in [1.82, 2.24) is 4.90 Å². The van der Waals surface area contributed by atoms with E-state index in [4.69, 9.17) is 10.00 Å². The van der Waals surface area contributed by atoms with Crippen molar-refractivity contribution in [2.45, 2.75) is 12.8 Å². The van der Waals surface area contributed by atoms with Crippen molar-refractivity contribution in [3.05, 3.63) is 65.7 Å². The second-order valence-electron chi connectivity index (χ2n) is 6.31. The lowest BCUT2D eigenvalue weighted by Crippen LogP contribution is -2.42. The van der Waals surface area contributed by atoms with Crippen molar-refractivity contribution >= 4 is 11.7 Å². The first-order chi connectivity index (χ1) is 12.7. The van der Waals surface area contributed by atoms with Crippen molar-refractivity contribution in [3.63, 3.8) is 0 Å². The third kappa shape index (κ3) is 4.28. The molecule has 26 heavy (non-hydrogen) atoms. The van der Waals surface area contributed by atoms with Gasteiger partial charge in [0, 0.05) is 24.6 Å². The van der Waals surface area contributed by atoms with Crippen molar-refractivity contribution < 1.29 is 14.3 Å². The summed E-state index contributed by atoms with van der Waals surface area (Å²) < 4.78 is 5.50. The molecule has 5 heteroatoms. The molecule has 0 radical (unpaired) electrons. The zero-order chi connectivity index (χ0) is 18.4. The minimum Gasteiger partial charge on any atom is -0.484 e. The van der Waals surface area contributed by atoms with E-state index in [9.17, 15) is 9.59 Å². The van der Waals surface area contributed by atoms with E-state index in [1.54, 1.807) is 29.2 Å². The van der Waals surface area contributed by atoms with Crippen LogP contribution in [0.5, 0.6) is 5.75 Å². The fraction of sp³-hybridized carbons (Fsp3) is 0.286. The summed E-state index contributed by atoms with van der Waals surface area (Å²) in [6.07, 6.45) is 1.35. The standard InChI is InChI=1S/C21H20N2O3/c22-14-16-6-8-19(9-7-16)26-15-20(24)23-12-10-18(11-13-23)21(25)17-4-2-1-3-5-17/h1-9,18H,10-13,15H2. The second kappa shape index (κ2) is 8.30. The summed E-state index contributed by atoms with van der Waals surface area (Å²) in [5, 5.41) is 8.77. The number of nitriles is 1. The summed E-state index contributed by atoms with van der Waals surface area (Å²) in [6, 6.07) is 18.0.